The van der Waals surface area contributed by atoms with Crippen molar-refractivity contribution < 1.29 is 4.74 Å². The molecule has 0 saturated carbocycles. The number of aryl methyl sites for hydroxylation is 2. The Morgan fingerprint density at radius 1 is 1.22 bits per heavy atom. The van der Waals surface area contributed by atoms with Crippen LogP contribution in [0.15, 0.2) is 16.6 Å². The molecule has 0 radical (unpaired) electrons. The quantitative estimate of drug-likeness (QED) is 0.761. The molecule has 102 valence electrons. The highest BCUT2D eigenvalue weighted by Crippen LogP contribution is 2.30. The van der Waals surface area contributed by atoms with Crippen molar-refractivity contribution in [3.63, 3.8) is 0 Å². The zero-order valence-electron chi connectivity index (χ0n) is 11.9. The second-order valence-corrected chi connectivity index (χ2v) is 7.09. The molecule has 1 aromatic rings. The molecular weight excluding hydrogens is 308 g/mol. The van der Waals surface area contributed by atoms with Crippen LogP contribution in [0.1, 0.15) is 31.9 Å². The summed E-state index contributed by atoms with van der Waals surface area (Å²) in [6.07, 6.45) is 0. The Labute approximate surface area is 125 Å². The summed E-state index contributed by atoms with van der Waals surface area (Å²) in [5.41, 5.74) is 2.65. The van der Waals surface area contributed by atoms with Crippen LogP contribution in [0.25, 0.3) is 0 Å². The number of thiol groups is 1. The molecule has 0 saturated heterocycles. The van der Waals surface area contributed by atoms with Gasteiger partial charge in [-0.15, -0.1) is 0 Å². The number of halogens is 1. The normalized spacial score (nSPS) is 13.5. The van der Waals surface area contributed by atoms with Gasteiger partial charge in [-0.25, -0.2) is 0 Å². The van der Waals surface area contributed by atoms with Gasteiger partial charge in [0.05, 0.1) is 6.61 Å². The summed E-state index contributed by atoms with van der Waals surface area (Å²) in [6, 6.07) is 4.16. The van der Waals surface area contributed by atoms with E-state index in [1.165, 1.54) is 11.1 Å². The maximum absolute atomic E-state index is 5.93. The second kappa shape index (κ2) is 6.33. The van der Waals surface area contributed by atoms with Crippen molar-refractivity contribution in [1.29, 1.82) is 0 Å². The molecule has 0 bridgehead atoms. The molecule has 0 fully saturated rings. The fourth-order valence-corrected chi connectivity index (χ4v) is 2.64. The number of hydrogen-bond acceptors (Lipinski definition) is 2. The molecule has 0 aromatic heterocycles. The Morgan fingerprint density at radius 2 is 1.72 bits per heavy atom. The fourth-order valence-electron chi connectivity index (χ4n) is 1.76. The molecule has 1 rings (SSSR count). The van der Waals surface area contributed by atoms with E-state index in [0.717, 1.165) is 16.0 Å². The Morgan fingerprint density at radius 3 is 2.11 bits per heavy atom. The third-order valence-electron chi connectivity index (χ3n) is 3.31. The van der Waals surface area contributed by atoms with E-state index in [1.807, 2.05) is 0 Å². The Balaban J connectivity index is 2.75. The van der Waals surface area contributed by atoms with Crippen molar-refractivity contribution in [2.75, 3.05) is 12.4 Å². The van der Waals surface area contributed by atoms with Gasteiger partial charge in [0.1, 0.15) is 5.75 Å². The van der Waals surface area contributed by atoms with E-state index < -0.39 is 0 Å². The lowest BCUT2D eigenvalue weighted by molar-refractivity contribution is 0.165. The zero-order valence-corrected chi connectivity index (χ0v) is 14.4. The predicted octanol–water partition coefficient (Wildman–Crippen LogP) is 5.04. The van der Waals surface area contributed by atoms with E-state index in [2.05, 4.69) is 75.3 Å². The van der Waals surface area contributed by atoms with Crippen LogP contribution in [0.5, 0.6) is 5.75 Å². The SMILES string of the molecule is Cc1cc(OCC(CS)C(C)(C)C)cc(C)c1Br. The molecule has 0 aliphatic rings. The van der Waals surface area contributed by atoms with E-state index in [4.69, 9.17) is 4.74 Å². The number of ether oxygens (including phenoxy) is 1. The van der Waals surface area contributed by atoms with Gasteiger partial charge in [0.25, 0.3) is 0 Å². The standard InChI is InChI=1S/C15H23BrOS/c1-10-6-13(7-11(2)14(10)16)17-8-12(9-18)15(3,4)5/h6-7,12,18H,8-9H2,1-5H3. The van der Waals surface area contributed by atoms with Crippen molar-refractivity contribution in [3.05, 3.63) is 27.7 Å². The summed E-state index contributed by atoms with van der Waals surface area (Å²) in [5, 5.41) is 0. The van der Waals surface area contributed by atoms with Gasteiger partial charge in [0, 0.05) is 10.4 Å². The van der Waals surface area contributed by atoms with Crippen LogP contribution in [-0.4, -0.2) is 12.4 Å². The second-order valence-electron chi connectivity index (χ2n) is 5.93. The minimum absolute atomic E-state index is 0.223. The van der Waals surface area contributed by atoms with Crippen molar-refractivity contribution in [1.82, 2.24) is 0 Å². The molecule has 0 heterocycles. The molecule has 0 aliphatic heterocycles. The summed E-state index contributed by atoms with van der Waals surface area (Å²) in [7, 11) is 0. The first kappa shape index (κ1) is 15.9. The summed E-state index contributed by atoms with van der Waals surface area (Å²) in [5.74, 6) is 2.24. The molecule has 0 spiro atoms. The zero-order chi connectivity index (χ0) is 13.9. The lowest BCUT2D eigenvalue weighted by Crippen LogP contribution is -2.28. The largest absolute Gasteiger partial charge is 0.493 e. The Kier molecular flexibility index (Phi) is 5.60. The maximum atomic E-state index is 5.93. The van der Waals surface area contributed by atoms with Crippen LogP contribution in [-0.2, 0) is 0 Å². The van der Waals surface area contributed by atoms with Crippen molar-refractivity contribution in [2.45, 2.75) is 34.6 Å². The molecule has 1 aromatic carbocycles. The molecule has 18 heavy (non-hydrogen) atoms. The average Bonchev–Trinajstić information content (AvgIpc) is 2.24. The summed E-state index contributed by atoms with van der Waals surface area (Å²) < 4.78 is 7.10. The van der Waals surface area contributed by atoms with E-state index in [1.54, 1.807) is 0 Å². The van der Waals surface area contributed by atoms with Crippen molar-refractivity contribution >= 4 is 28.6 Å². The number of hydrogen-bond donors (Lipinski definition) is 1. The van der Waals surface area contributed by atoms with Crippen LogP contribution in [0.3, 0.4) is 0 Å². The van der Waals surface area contributed by atoms with Gasteiger partial charge in [0.15, 0.2) is 0 Å². The highest BCUT2D eigenvalue weighted by Gasteiger charge is 2.24. The van der Waals surface area contributed by atoms with Crippen molar-refractivity contribution in [3.8, 4) is 5.75 Å². The first-order valence-electron chi connectivity index (χ1n) is 6.26. The third-order valence-corrected chi connectivity index (χ3v) is 5.00. The lowest BCUT2D eigenvalue weighted by atomic mass is 9.82. The summed E-state index contributed by atoms with van der Waals surface area (Å²) >= 11 is 8.00. The van der Waals surface area contributed by atoms with Crippen LogP contribution in [0, 0.1) is 25.2 Å². The van der Waals surface area contributed by atoms with Gasteiger partial charge in [-0.05, 0) is 48.3 Å². The minimum Gasteiger partial charge on any atom is -0.493 e. The van der Waals surface area contributed by atoms with E-state index in [0.29, 0.717) is 12.5 Å². The molecule has 1 nitrogen and oxygen atoms in total. The monoisotopic (exact) mass is 330 g/mol. The Hall–Kier alpha value is -0.150. The average molecular weight is 331 g/mol. The van der Waals surface area contributed by atoms with E-state index in [9.17, 15) is 0 Å². The number of rotatable bonds is 4. The van der Waals surface area contributed by atoms with E-state index in [-0.39, 0.29) is 5.41 Å². The molecule has 0 amide bonds. The molecule has 0 N–H and O–H groups in total. The lowest BCUT2D eigenvalue weighted by Gasteiger charge is -2.29. The molecule has 1 atom stereocenters. The van der Waals surface area contributed by atoms with Gasteiger partial charge in [-0.3, -0.25) is 0 Å². The highest BCUT2D eigenvalue weighted by atomic mass is 79.9. The van der Waals surface area contributed by atoms with Crippen LogP contribution in [0.4, 0.5) is 0 Å². The smallest absolute Gasteiger partial charge is 0.119 e. The van der Waals surface area contributed by atoms with Gasteiger partial charge in [-0.2, -0.15) is 12.6 Å². The molecular formula is C15H23BrOS. The van der Waals surface area contributed by atoms with Gasteiger partial charge < -0.3 is 4.74 Å². The van der Waals surface area contributed by atoms with Gasteiger partial charge in [-0.1, -0.05) is 36.7 Å². The third kappa shape index (κ3) is 4.20. The number of benzene rings is 1. The maximum Gasteiger partial charge on any atom is 0.119 e. The minimum atomic E-state index is 0.223. The van der Waals surface area contributed by atoms with E-state index >= 15 is 0 Å². The summed E-state index contributed by atoms with van der Waals surface area (Å²) in [6.45, 7) is 11.6. The molecule has 3 heteroatoms. The van der Waals surface area contributed by atoms with Crippen LogP contribution < -0.4 is 4.74 Å². The van der Waals surface area contributed by atoms with Gasteiger partial charge >= 0.3 is 0 Å². The van der Waals surface area contributed by atoms with Gasteiger partial charge in [0.2, 0.25) is 0 Å². The van der Waals surface area contributed by atoms with Crippen LogP contribution >= 0.6 is 28.6 Å². The van der Waals surface area contributed by atoms with Crippen molar-refractivity contribution in [2.24, 2.45) is 11.3 Å². The predicted molar refractivity (Wildman–Crippen MR) is 85.9 cm³/mol. The van der Waals surface area contributed by atoms with Crippen LogP contribution in [0.2, 0.25) is 0 Å². The first-order valence-corrected chi connectivity index (χ1v) is 7.68. The first-order chi connectivity index (χ1) is 8.25. The fraction of sp³-hybridized carbons (Fsp3) is 0.600. The Bertz CT molecular complexity index is 386. The molecule has 0 aliphatic carbocycles. The topological polar surface area (TPSA) is 9.23 Å². The molecule has 1 unspecified atom stereocenters. The summed E-state index contributed by atoms with van der Waals surface area (Å²) in [4.78, 5) is 0. The highest BCUT2D eigenvalue weighted by molar-refractivity contribution is 9.10.